The van der Waals surface area contributed by atoms with Gasteiger partial charge in [-0.15, -0.1) is 0 Å². The molecule has 0 bridgehead atoms. The third kappa shape index (κ3) is 4.08. The maximum absolute atomic E-state index is 12.2. The van der Waals surface area contributed by atoms with Crippen molar-refractivity contribution in [3.63, 3.8) is 0 Å². The summed E-state index contributed by atoms with van der Waals surface area (Å²) in [6, 6.07) is 6.75. The second-order valence-corrected chi connectivity index (χ2v) is 6.36. The van der Waals surface area contributed by atoms with Gasteiger partial charge in [0.2, 0.25) is 0 Å². The molecule has 0 aliphatic rings. The Morgan fingerprint density at radius 2 is 1.96 bits per heavy atom. The number of carbonyl (C=O) groups is 2. The van der Waals surface area contributed by atoms with E-state index in [-0.39, 0.29) is 6.42 Å². The Kier molecular flexibility index (Phi) is 4.72. The Hall–Kier alpha value is -2.38. The fourth-order valence-corrected chi connectivity index (χ4v) is 2.20. The van der Waals surface area contributed by atoms with E-state index < -0.39 is 23.6 Å². The van der Waals surface area contributed by atoms with Crippen LogP contribution in [0.25, 0.3) is 10.9 Å². The van der Waals surface area contributed by atoms with Gasteiger partial charge < -0.3 is 15.5 Å². The lowest BCUT2D eigenvalue weighted by Gasteiger charge is -2.24. The monoisotopic (exact) mass is 318 g/mol. The topological polar surface area (TPSA) is 114 Å². The highest BCUT2D eigenvalue weighted by atomic mass is 16.6. The molecule has 0 radical (unpaired) electrons. The normalized spacial score (nSPS) is 12.9. The van der Waals surface area contributed by atoms with Crippen LogP contribution >= 0.6 is 0 Å². The zero-order valence-corrected chi connectivity index (χ0v) is 13.5. The van der Waals surface area contributed by atoms with Gasteiger partial charge in [-0.25, -0.2) is 10.6 Å². The SMILES string of the molecule is CC(C)(C)OC(=O)N(N)C(=O)[C@@H](N)Cc1c[nH]c2ccccc12. The standard InChI is InChI=1S/C16H22N4O3/c1-16(2,3)23-15(22)20(18)14(21)12(17)8-10-9-19-13-7-5-4-6-11(10)13/h4-7,9,12,19H,8,17-18H2,1-3H3/t12-/m0/s1. The molecule has 1 aromatic heterocycles. The van der Waals surface area contributed by atoms with E-state index in [1.54, 1.807) is 27.0 Å². The lowest BCUT2D eigenvalue weighted by Crippen LogP contribution is -2.52. The van der Waals surface area contributed by atoms with E-state index in [0.29, 0.717) is 5.01 Å². The Bertz CT molecular complexity index is 717. The summed E-state index contributed by atoms with van der Waals surface area (Å²) in [5, 5.41) is 1.42. The van der Waals surface area contributed by atoms with Crippen molar-refractivity contribution in [1.29, 1.82) is 0 Å². The molecule has 5 N–H and O–H groups in total. The predicted octanol–water partition coefficient (Wildman–Crippen LogP) is 1.68. The van der Waals surface area contributed by atoms with Gasteiger partial charge in [0, 0.05) is 17.1 Å². The van der Waals surface area contributed by atoms with Crippen LogP contribution in [0, 0.1) is 0 Å². The smallest absolute Gasteiger partial charge is 0.431 e. The van der Waals surface area contributed by atoms with Crippen molar-refractivity contribution in [3.05, 3.63) is 36.0 Å². The number of benzene rings is 1. The number of aromatic nitrogens is 1. The number of ether oxygens (including phenoxy) is 1. The van der Waals surface area contributed by atoms with Crippen molar-refractivity contribution < 1.29 is 14.3 Å². The largest absolute Gasteiger partial charge is 0.442 e. The van der Waals surface area contributed by atoms with Crippen molar-refractivity contribution in [2.75, 3.05) is 0 Å². The van der Waals surface area contributed by atoms with Crippen LogP contribution in [0.5, 0.6) is 0 Å². The van der Waals surface area contributed by atoms with Crippen LogP contribution in [0.3, 0.4) is 0 Å². The van der Waals surface area contributed by atoms with Gasteiger partial charge >= 0.3 is 6.09 Å². The molecule has 7 heteroatoms. The van der Waals surface area contributed by atoms with Crippen LogP contribution in [0.1, 0.15) is 26.3 Å². The molecule has 1 atom stereocenters. The van der Waals surface area contributed by atoms with Crippen molar-refractivity contribution >= 4 is 22.9 Å². The first-order valence-corrected chi connectivity index (χ1v) is 7.31. The first kappa shape index (κ1) is 17.0. The lowest BCUT2D eigenvalue weighted by atomic mass is 10.1. The molecule has 7 nitrogen and oxygen atoms in total. The molecule has 0 aliphatic carbocycles. The fourth-order valence-electron chi connectivity index (χ4n) is 2.20. The number of nitrogens with zero attached hydrogens (tertiary/aromatic N) is 1. The zero-order chi connectivity index (χ0) is 17.2. The number of aromatic amines is 1. The van der Waals surface area contributed by atoms with Crippen LogP contribution in [-0.4, -0.2) is 33.6 Å². The summed E-state index contributed by atoms with van der Waals surface area (Å²) in [5.74, 6) is 4.84. The quantitative estimate of drug-likeness (QED) is 0.452. The molecule has 1 aromatic carbocycles. The number of rotatable bonds is 3. The van der Waals surface area contributed by atoms with Gasteiger partial charge in [0.25, 0.3) is 5.91 Å². The molecule has 2 rings (SSSR count). The molecule has 0 spiro atoms. The summed E-state index contributed by atoms with van der Waals surface area (Å²) < 4.78 is 5.06. The number of H-pyrrole nitrogens is 1. The molecule has 23 heavy (non-hydrogen) atoms. The Morgan fingerprint density at radius 1 is 1.30 bits per heavy atom. The minimum Gasteiger partial charge on any atom is -0.442 e. The van der Waals surface area contributed by atoms with Gasteiger partial charge in [-0.1, -0.05) is 18.2 Å². The minimum atomic E-state index is -0.938. The Labute approximate surface area is 134 Å². The van der Waals surface area contributed by atoms with Crippen molar-refractivity contribution in [1.82, 2.24) is 9.99 Å². The highest BCUT2D eigenvalue weighted by Crippen LogP contribution is 2.19. The summed E-state index contributed by atoms with van der Waals surface area (Å²) in [6.07, 6.45) is 1.14. The third-order valence-electron chi connectivity index (χ3n) is 3.26. The van der Waals surface area contributed by atoms with Crippen molar-refractivity contribution in [2.45, 2.75) is 38.8 Å². The van der Waals surface area contributed by atoms with Crippen LogP contribution in [0.4, 0.5) is 4.79 Å². The lowest BCUT2D eigenvalue weighted by molar-refractivity contribution is -0.131. The molecule has 1 heterocycles. The summed E-state index contributed by atoms with van der Waals surface area (Å²) in [6.45, 7) is 5.07. The van der Waals surface area contributed by atoms with Gasteiger partial charge in [-0.3, -0.25) is 4.79 Å². The molecule has 124 valence electrons. The van der Waals surface area contributed by atoms with Gasteiger partial charge in [-0.05, 0) is 38.8 Å². The number of carbonyl (C=O) groups excluding carboxylic acids is 2. The number of hydrogen-bond donors (Lipinski definition) is 3. The fraction of sp³-hybridized carbons (Fsp3) is 0.375. The number of hydrazine groups is 1. The predicted molar refractivity (Wildman–Crippen MR) is 87.2 cm³/mol. The van der Waals surface area contributed by atoms with Crippen molar-refractivity contribution in [3.8, 4) is 0 Å². The molecule has 0 saturated carbocycles. The molecule has 0 aliphatic heterocycles. The molecule has 2 aromatic rings. The molecule has 0 saturated heterocycles. The second kappa shape index (κ2) is 6.39. The van der Waals surface area contributed by atoms with Gasteiger partial charge in [0.15, 0.2) is 0 Å². The van der Waals surface area contributed by atoms with Crippen LogP contribution in [0.15, 0.2) is 30.5 Å². The maximum atomic E-state index is 12.2. The summed E-state index contributed by atoms with van der Waals surface area (Å²) in [4.78, 5) is 27.1. The number of hydrogen-bond acceptors (Lipinski definition) is 5. The molecular formula is C16H22N4O3. The van der Waals surface area contributed by atoms with E-state index in [9.17, 15) is 9.59 Å². The van der Waals surface area contributed by atoms with Gasteiger partial charge in [0.1, 0.15) is 5.60 Å². The van der Waals surface area contributed by atoms with Gasteiger partial charge in [-0.2, -0.15) is 5.01 Å². The molecule has 0 unspecified atom stereocenters. The van der Waals surface area contributed by atoms with Crippen LogP contribution in [0.2, 0.25) is 0 Å². The first-order chi connectivity index (χ1) is 10.7. The second-order valence-electron chi connectivity index (χ2n) is 6.36. The van der Waals surface area contributed by atoms with Crippen LogP contribution in [-0.2, 0) is 16.0 Å². The average Bonchev–Trinajstić information content (AvgIpc) is 2.87. The molecule has 2 amide bonds. The number of fused-ring (bicyclic) bond motifs is 1. The molecular weight excluding hydrogens is 296 g/mol. The maximum Gasteiger partial charge on any atom is 0.431 e. The van der Waals surface area contributed by atoms with E-state index in [1.165, 1.54) is 0 Å². The Morgan fingerprint density at radius 3 is 2.61 bits per heavy atom. The van der Waals surface area contributed by atoms with E-state index in [0.717, 1.165) is 16.5 Å². The highest BCUT2D eigenvalue weighted by molar-refractivity contribution is 5.95. The third-order valence-corrected chi connectivity index (χ3v) is 3.26. The van der Waals surface area contributed by atoms with E-state index in [4.69, 9.17) is 16.3 Å². The van der Waals surface area contributed by atoms with E-state index in [2.05, 4.69) is 4.98 Å². The first-order valence-electron chi connectivity index (χ1n) is 7.31. The Balaban J connectivity index is 2.06. The highest BCUT2D eigenvalue weighted by Gasteiger charge is 2.28. The van der Waals surface area contributed by atoms with Crippen LogP contribution < -0.4 is 11.6 Å². The minimum absolute atomic E-state index is 0.263. The van der Waals surface area contributed by atoms with E-state index >= 15 is 0 Å². The number of imide groups is 1. The summed E-state index contributed by atoms with van der Waals surface area (Å²) in [7, 11) is 0. The number of amides is 2. The molecule has 0 fully saturated rings. The van der Waals surface area contributed by atoms with E-state index in [1.807, 2.05) is 24.3 Å². The zero-order valence-electron chi connectivity index (χ0n) is 13.5. The summed E-state index contributed by atoms with van der Waals surface area (Å²) in [5.41, 5.74) is 7.01. The number of nitrogens with one attached hydrogen (secondary N) is 1. The average molecular weight is 318 g/mol. The number of nitrogens with two attached hydrogens (primary N) is 2. The summed E-state index contributed by atoms with van der Waals surface area (Å²) >= 11 is 0. The van der Waals surface area contributed by atoms with Crippen molar-refractivity contribution in [2.24, 2.45) is 11.6 Å². The van der Waals surface area contributed by atoms with Gasteiger partial charge in [0.05, 0.1) is 6.04 Å². The number of para-hydroxylation sites is 1.